The minimum atomic E-state index is 0.0245. The number of rotatable bonds is 8. The normalized spacial score (nSPS) is 12.7. The van der Waals surface area contributed by atoms with Crippen molar-refractivity contribution >= 4 is 5.91 Å². The number of hydrogen-bond acceptors (Lipinski definition) is 3. The largest absolute Gasteiger partial charge is 0.493 e. The zero-order valence-electron chi connectivity index (χ0n) is 15.6. The van der Waals surface area contributed by atoms with Crippen molar-refractivity contribution in [1.82, 2.24) is 5.32 Å². The summed E-state index contributed by atoms with van der Waals surface area (Å²) in [5, 5.41) is 2.94. The van der Waals surface area contributed by atoms with Gasteiger partial charge in [-0.1, -0.05) is 44.2 Å². The van der Waals surface area contributed by atoms with Gasteiger partial charge in [0.15, 0.2) is 0 Å². The number of carbonyl (C=O) groups is 1. The summed E-state index contributed by atoms with van der Waals surface area (Å²) in [7, 11) is 0. The number of carbonyl (C=O) groups excluding carboxylic acids is 1. The Hall–Kier alpha value is -2.33. The third-order valence-corrected chi connectivity index (χ3v) is 4.39. The molecule has 26 heavy (non-hydrogen) atoms. The average molecular weight is 353 g/mol. The smallest absolute Gasteiger partial charge is 0.222 e. The molecule has 4 nitrogen and oxygen atoms in total. The molecular weight excluding hydrogens is 326 g/mol. The lowest BCUT2D eigenvalue weighted by Crippen LogP contribution is -2.24. The lowest BCUT2D eigenvalue weighted by Gasteiger charge is -2.09. The summed E-state index contributed by atoms with van der Waals surface area (Å²) < 4.78 is 11.0. The summed E-state index contributed by atoms with van der Waals surface area (Å²) in [6.07, 6.45) is 1.39. The molecule has 138 valence electrons. The second-order valence-electron chi connectivity index (χ2n) is 7.11. The minimum absolute atomic E-state index is 0.0245. The van der Waals surface area contributed by atoms with Crippen LogP contribution >= 0.6 is 0 Å². The maximum absolute atomic E-state index is 11.9. The highest BCUT2D eigenvalue weighted by molar-refractivity contribution is 5.76. The molecular formula is C22H27NO3. The van der Waals surface area contributed by atoms with Gasteiger partial charge in [-0.05, 0) is 40.3 Å². The fraction of sp³-hybridized carbons (Fsp3) is 0.409. The van der Waals surface area contributed by atoms with Crippen molar-refractivity contribution in [2.45, 2.75) is 33.2 Å². The van der Waals surface area contributed by atoms with Crippen molar-refractivity contribution in [3.8, 4) is 16.9 Å². The summed E-state index contributed by atoms with van der Waals surface area (Å²) in [5.41, 5.74) is 4.75. The Kier molecular flexibility index (Phi) is 6.29. The second kappa shape index (κ2) is 8.86. The van der Waals surface area contributed by atoms with Crippen LogP contribution in [0.5, 0.6) is 5.75 Å². The third kappa shape index (κ3) is 5.09. The molecule has 0 bridgehead atoms. The number of hydrogen-bond donors (Lipinski definition) is 1. The molecule has 1 N–H and O–H groups in total. The van der Waals surface area contributed by atoms with Crippen molar-refractivity contribution in [3.05, 3.63) is 53.6 Å². The maximum atomic E-state index is 11.9. The molecule has 0 unspecified atom stereocenters. The molecule has 1 heterocycles. The van der Waals surface area contributed by atoms with Crippen LogP contribution in [0, 0.1) is 5.92 Å². The van der Waals surface area contributed by atoms with Gasteiger partial charge in [-0.25, -0.2) is 0 Å². The van der Waals surface area contributed by atoms with Crippen LogP contribution in [0.25, 0.3) is 11.1 Å². The van der Waals surface area contributed by atoms with E-state index in [4.69, 9.17) is 9.47 Å². The zero-order chi connectivity index (χ0) is 18.4. The van der Waals surface area contributed by atoms with E-state index in [2.05, 4.69) is 55.6 Å². The molecule has 4 heteroatoms. The molecule has 2 aromatic carbocycles. The first-order chi connectivity index (χ1) is 12.6. The van der Waals surface area contributed by atoms with Gasteiger partial charge >= 0.3 is 0 Å². The molecule has 0 fully saturated rings. The van der Waals surface area contributed by atoms with Crippen molar-refractivity contribution in [2.24, 2.45) is 5.92 Å². The molecule has 2 aromatic rings. The fourth-order valence-corrected chi connectivity index (χ4v) is 2.95. The Morgan fingerprint density at radius 1 is 1.15 bits per heavy atom. The first-order valence-corrected chi connectivity index (χ1v) is 9.31. The highest BCUT2D eigenvalue weighted by Crippen LogP contribution is 2.30. The van der Waals surface area contributed by atoms with Crippen LogP contribution < -0.4 is 10.1 Å². The topological polar surface area (TPSA) is 47.6 Å². The number of ether oxygens (including phenoxy) is 2. The zero-order valence-corrected chi connectivity index (χ0v) is 15.6. The van der Waals surface area contributed by atoms with E-state index in [1.54, 1.807) is 0 Å². The van der Waals surface area contributed by atoms with E-state index in [0.29, 0.717) is 32.1 Å². The Morgan fingerprint density at radius 3 is 2.69 bits per heavy atom. The van der Waals surface area contributed by atoms with Gasteiger partial charge in [-0.3, -0.25) is 4.79 Å². The van der Waals surface area contributed by atoms with Gasteiger partial charge in [0.25, 0.3) is 0 Å². The van der Waals surface area contributed by atoms with Gasteiger partial charge in [0.05, 0.1) is 13.2 Å². The van der Waals surface area contributed by atoms with E-state index in [0.717, 1.165) is 24.3 Å². The van der Waals surface area contributed by atoms with Crippen LogP contribution in [0.15, 0.2) is 42.5 Å². The van der Waals surface area contributed by atoms with E-state index >= 15 is 0 Å². The number of nitrogens with one attached hydrogen (secondary N) is 1. The van der Waals surface area contributed by atoms with Crippen LogP contribution in [-0.4, -0.2) is 25.7 Å². The van der Waals surface area contributed by atoms with Gasteiger partial charge in [0, 0.05) is 26.0 Å². The Morgan fingerprint density at radius 2 is 1.92 bits per heavy atom. The first kappa shape index (κ1) is 18.5. The van der Waals surface area contributed by atoms with Crippen molar-refractivity contribution in [2.75, 3.05) is 19.8 Å². The molecule has 1 aliphatic rings. The molecule has 1 amide bonds. The first-order valence-electron chi connectivity index (χ1n) is 9.31. The highest BCUT2D eigenvalue weighted by atomic mass is 16.5. The SMILES string of the molecule is CC(C)COCCC(=O)NCc1ccc(-c2ccc3c(c2)CCO3)cc1. The van der Waals surface area contributed by atoms with Gasteiger partial charge in [0.2, 0.25) is 5.91 Å². The Balaban J connectivity index is 1.48. The average Bonchev–Trinajstić information content (AvgIpc) is 3.11. The number of amides is 1. The molecule has 0 radical (unpaired) electrons. The molecule has 0 saturated heterocycles. The van der Waals surface area contributed by atoms with Gasteiger partial charge in [0.1, 0.15) is 5.75 Å². The Bertz CT molecular complexity index is 738. The van der Waals surface area contributed by atoms with Crippen LogP contribution in [-0.2, 0) is 22.5 Å². The molecule has 1 aliphatic heterocycles. The van der Waals surface area contributed by atoms with Crippen LogP contribution in [0.3, 0.4) is 0 Å². The Labute approximate surface area is 155 Å². The third-order valence-electron chi connectivity index (χ3n) is 4.39. The predicted octanol–water partition coefficient (Wildman–Crippen LogP) is 3.97. The van der Waals surface area contributed by atoms with E-state index in [-0.39, 0.29) is 5.91 Å². The molecule has 0 spiro atoms. The predicted molar refractivity (Wildman–Crippen MR) is 103 cm³/mol. The van der Waals surface area contributed by atoms with E-state index < -0.39 is 0 Å². The van der Waals surface area contributed by atoms with Gasteiger partial charge < -0.3 is 14.8 Å². The van der Waals surface area contributed by atoms with Crippen LogP contribution in [0.1, 0.15) is 31.4 Å². The van der Waals surface area contributed by atoms with Crippen molar-refractivity contribution in [3.63, 3.8) is 0 Å². The van der Waals surface area contributed by atoms with E-state index in [1.165, 1.54) is 16.7 Å². The number of benzene rings is 2. The summed E-state index contributed by atoms with van der Waals surface area (Å²) >= 11 is 0. The standard InChI is InChI=1S/C22H27NO3/c1-16(2)15-25-11-10-22(24)23-14-17-3-5-18(6-4-17)19-7-8-21-20(13-19)9-12-26-21/h3-8,13,16H,9-12,14-15H2,1-2H3,(H,23,24). The van der Waals surface area contributed by atoms with Crippen molar-refractivity contribution in [1.29, 1.82) is 0 Å². The van der Waals surface area contributed by atoms with Gasteiger partial charge in [-0.2, -0.15) is 0 Å². The van der Waals surface area contributed by atoms with E-state index in [9.17, 15) is 4.79 Å². The summed E-state index contributed by atoms with van der Waals surface area (Å²) in [6.45, 7) is 6.69. The summed E-state index contributed by atoms with van der Waals surface area (Å²) in [4.78, 5) is 11.9. The van der Waals surface area contributed by atoms with Crippen LogP contribution in [0.2, 0.25) is 0 Å². The quantitative estimate of drug-likeness (QED) is 0.731. The molecule has 0 atom stereocenters. The lowest BCUT2D eigenvalue weighted by atomic mass is 10.0. The summed E-state index contributed by atoms with van der Waals surface area (Å²) in [5.74, 6) is 1.52. The fourth-order valence-electron chi connectivity index (χ4n) is 2.95. The molecule has 0 aromatic heterocycles. The molecule has 3 rings (SSSR count). The van der Waals surface area contributed by atoms with Gasteiger partial charge in [-0.15, -0.1) is 0 Å². The maximum Gasteiger partial charge on any atom is 0.222 e. The molecule has 0 saturated carbocycles. The minimum Gasteiger partial charge on any atom is -0.493 e. The van der Waals surface area contributed by atoms with Crippen molar-refractivity contribution < 1.29 is 14.3 Å². The molecule has 0 aliphatic carbocycles. The van der Waals surface area contributed by atoms with E-state index in [1.807, 2.05) is 6.07 Å². The number of fused-ring (bicyclic) bond motifs is 1. The summed E-state index contributed by atoms with van der Waals surface area (Å²) in [6, 6.07) is 14.7. The van der Waals surface area contributed by atoms with Crippen LogP contribution in [0.4, 0.5) is 0 Å². The second-order valence-corrected chi connectivity index (χ2v) is 7.11. The highest BCUT2D eigenvalue weighted by Gasteiger charge is 2.12. The lowest BCUT2D eigenvalue weighted by molar-refractivity contribution is -0.122. The monoisotopic (exact) mass is 353 g/mol.